The first-order valence-electron chi connectivity index (χ1n) is 11.2. The number of carbonyl (C=O) groups excluding carboxylic acids is 1. The van der Waals surface area contributed by atoms with Crippen LogP contribution in [0.4, 0.5) is 9.18 Å². The molecule has 3 aromatic rings. The van der Waals surface area contributed by atoms with Gasteiger partial charge in [0.1, 0.15) is 17.7 Å². The number of cyclic esters (lactones) is 1. The number of aliphatic hydroxyl groups excluding tert-OH is 1. The van der Waals surface area contributed by atoms with Gasteiger partial charge < -0.3 is 14.7 Å². The number of benzene rings is 2. The third kappa shape index (κ3) is 5.03. The molecule has 1 fully saturated rings. The van der Waals surface area contributed by atoms with E-state index in [0.29, 0.717) is 32.2 Å². The molecule has 172 valence electrons. The van der Waals surface area contributed by atoms with Gasteiger partial charge in [-0.05, 0) is 55.0 Å². The molecule has 2 aromatic carbocycles. The fraction of sp³-hybridized carbons (Fsp3) is 0.346. The lowest BCUT2D eigenvalue weighted by Crippen LogP contribution is -2.48. The number of rotatable bonds is 8. The van der Waals surface area contributed by atoms with E-state index in [1.54, 1.807) is 29.4 Å². The van der Waals surface area contributed by atoms with Crippen molar-refractivity contribution in [2.24, 2.45) is 0 Å². The molecule has 0 bridgehead atoms. The molecule has 6 nitrogen and oxygen atoms in total. The van der Waals surface area contributed by atoms with Crippen LogP contribution in [0.25, 0.3) is 11.1 Å². The fourth-order valence-corrected chi connectivity index (χ4v) is 4.40. The highest BCUT2D eigenvalue weighted by Crippen LogP contribution is 2.40. The zero-order chi connectivity index (χ0) is 23.3. The average Bonchev–Trinajstić information content (AvgIpc) is 2.85. The lowest BCUT2D eigenvalue weighted by molar-refractivity contribution is -0.0669. The first kappa shape index (κ1) is 22.9. The number of aliphatic hydroxyl groups is 1. The van der Waals surface area contributed by atoms with E-state index in [9.17, 15) is 14.3 Å². The molecule has 1 aliphatic heterocycles. The predicted octanol–water partition coefficient (Wildman–Crippen LogP) is 5.24. The van der Waals surface area contributed by atoms with Crippen LogP contribution in [0.3, 0.4) is 0 Å². The van der Waals surface area contributed by atoms with E-state index in [2.05, 4.69) is 9.97 Å². The average molecular weight is 450 g/mol. The number of hydrogen-bond acceptors (Lipinski definition) is 5. The minimum absolute atomic E-state index is 0.0850. The van der Waals surface area contributed by atoms with Crippen molar-refractivity contribution in [2.45, 2.75) is 44.2 Å². The van der Waals surface area contributed by atoms with Crippen molar-refractivity contribution >= 4 is 6.09 Å². The molecule has 2 atom stereocenters. The summed E-state index contributed by atoms with van der Waals surface area (Å²) in [4.78, 5) is 23.0. The molecule has 0 aliphatic carbocycles. The standard InChI is InChI=1S/C26H28FN3O3/c1-19(20-4-6-21(7-5-20)22-16-28-18-29-17-22)30-14-13-26(33-25(30)32,12-2-3-15-31)23-8-10-24(27)11-9-23/h4-11,16-19,31H,2-3,12-15H2,1H3/t19-,26+/m0/s1. The molecule has 0 saturated carbocycles. The van der Waals surface area contributed by atoms with Gasteiger partial charge in [-0.3, -0.25) is 0 Å². The summed E-state index contributed by atoms with van der Waals surface area (Å²) in [7, 11) is 0. The van der Waals surface area contributed by atoms with Gasteiger partial charge in [0, 0.05) is 37.5 Å². The Morgan fingerprint density at radius 2 is 1.76 bits per heavy atom. The molecule has 0 spiro atoms. The van der Waals surface area contributed by atoms with Gasteiger partial charge in [-0.15, -0.1) is 0 Å². The number of carbonyl (C=O) groups is 1. The summed E-state index contributed by atoms with van der Waals surface area (Å²) in [6.07, 6.45) is 7.15. The quantitative estimate of drug-likeness (QED) is 0.476. The second kappa shape index (κ2) is 10.1. The van der Waals surface area contributed by atoms with Crippen LogP contribution < -0.4 is 0 Å². The van der Waals surface area contributed by atoms with Crippen LogP contribution in [-0.2, 0) is 10.3 Å². The summed E-state index contributed by atoms with van der Waals surface area (Å²) in [5.74, 6) is -0.327. The first-order chi connectivity index (χ1) is 16.0. The molecule has 1 aromatic heterocycles. The lowest BCUT2D eigenvalue weighted by atomic mass is 9.84. The third-order valence-corrected chi connectivity index (χ3v) is 6.39. The Kier molecular flexibility index (Phi) is 6.99. The van der Waals surface area contributed by atoms with Crippen LogP contribution >= 0.6 is 0 Å². The highest BCUT2D eigenvalue weighted by Gasteiger charge is 2.43. The molecule has 0 unspecified atom stereocenters. The van der Waals surface area contributed by atoms with E-state index in [1.165, 1.54) is 18.5 Å². The van der Waals surface area contributed by atoms with Crippen molar-refractivity contribution in [3.8, 4) is 11.1 Å². The molecule has 1 saturated heterocycles. The summed E-state index contributed by atoms with van der Waals surface area (Å²) in [6.45, 7) is 2.59. The van der Waals surface area contributed by atoms with E-state index in [4.69, 9.17) is 4.74 Å². The smallest absolute Gasteiger partial charge is 0.411 e. The van der Waals surface area contributed by atoms with Crippen molar-refractivity contribution in [3.05, 3.63) is 84.2 Å². The third-order valence-electron chi connectivity index (χ3n) is 6.39. The molecule has 2 heterocycles. The van der Waals surface area contributed by atoms with Gasteiger partial charge in [0.2, 0.25) is 0 Å². The Morgan fingerprint density at radius 3 is 2.39 bits per heavy atom. The molecule has 1 amide bonds. The van der Waals surface area contributed by atoms with Crippen LogP contribution in [0.15, 0.2) is 67.3 Å². The van der Waals surface area contributed by atoms with Gasteiger partial charge in [-0.1, -0.05) is 36.4 Å². The van der Waals surface area contributed by atoms with Gasteiger partial charge >= 0.3 is 6.09 Å². The zero-order valence-electron chi connectivity index (χ0n) is 18.7. The van der Waals surface area contributed by atoms with Crippen molar-refractivity contribution in [1.29, 1.82) is 0 Å². The number of aromatic nitrogens is 2. The number of halogens is 1. The fourth-order valence-electron chi connectivity index (χ4n) is 4.40. The van der Waals surface area contributed by atoms with Crippen molar-refractivity contribution in [3.63, 3.8) is 0 Å². The van der Waals surface area contributed by atoms with Crippen molar-refractivity contribution in [1.82, 2.24) is 14.9 Å². The molecular weight excluding hydrogens is 421 g/mol. The molecule has 1 aliphatic rings. The number of hydrogen-bond donors (Lipinski definition) is 1. The van der Waals surface area contributed by atoms with Crippen LogP contribution in [0, 0.1) is 5.82 Å². The molecule has 0 radical (unpaired) electrons. The topological polar surface area (TPSA) is 75.6 Å². The first-order valence-corrected chi connectivity index (χ1v) is 11.2. The summed E-state index contributed by atoms with van der Waals surface area (Å²) in [5, 5.41) is 9.20. The number of amides is 1. The maximum atomic E-state index is 13.5. The van der Waals surface area contributed by atoms with Crippen LogP contribution in [0.5, 0.6) is 0 Å². The highest BCUT2D eigenvalue weighted by molar-refractivity contribution is 5.70. The largest absolute Gasteiger partial charge is 0.438 e. The molecule has 4 rings (SSSR count). The second-order valence-electron chi connectivity index (χ2n) is 8.42. The highest BCUT2D eigenvalue weighted by atomic mass is 19.1. The van der Waals surface area contributed by atoms with E-state index in [0.717, 1.165) is 22.3 Å². The molecular formula is C26H28FN3O3. The summed E-state index contributed by atoms with van der Waals surface area (Å²) >= 11 is 0. The van der Waals surface area contributed by atoms with E-state index < -0.39 is 5.60 Å². The second-order valence-corrected chi connectivity index (χ2v) is 8.42. The Balaban J connectivity index is 1.50. The number of unbranched alkanes of at least 4 members (excludes halogenated alkanes) is 1. The maximum absolute atomic E-state index is 13.5. The molecule has 33 heavy (non-hydrogen) atoms. The van der Waals surface area contributed by atoms with Gasteiger partial charge in [0.25, 0.3) is 0 Å². The molecule has 7 heteroatoms. The van der Waals surface area contributed by atoms with E-state index in [1.807, 2.05) is 31.2 Å². The Morgan fingerprint density at radius 1 is 1.06 bits per heavy atom. The summed E-state index contributed by atoms with van der Waals surface area (Å²) in [5.41, 5.74) is 2.92. The predicted molar refractivity (Wildman–Crippen MR) is 123 cm³/mol. The summed E-state index contributed by atoms with van der Waals surface area (Å²) < 4.78 is 19.6. The number of ether oxygens (including phenoxy) is 1. The Labute approximate surface area is 193 Å². The summed E-state index contributed by atoms with van der Waals surface area (Å²) in [6, 6.07) is 14.0. The zero-order valence-corrected chi connectivity index (χ0v) is 18.7. The normalized spacial score (nSPS) is 19.2. The van der Waals surface area contributed by atoms with E-state index >= 15 is 0 Å². The van der Waals surface area contributed by atoms with Gasteiger partial charge in [0.15, 0.2) is 0 Å². The van der Waals surface area contributed by atoms with Gasteiger partial charge in [-0.2, -0.15) is 0 Å². The Hall–Kier alpha value is -3.32. The van der Waals surface area contributed by atoms with E-state index in [-0.39, 0.29) is 24.6 Å². The lowest BCUT2D eigenvalue weighted by Gasteiger charge is -2.43. The van der Waals surface area contributed by atoms with Crippen LogP contribution in [0.2, 0.25) is 0 Å². The SMILES string of the molecule is C[C@@H](c1ccc(-c2cncnc2)cc1)N1CC[C@](CCCCO)(c2ccc(F)cc2)OC1=O. The van der Waals surface area contributed by atoms with Crippen molar-refractivity contribution < 1.29 is 19.0 Å². The maximum Gasteiger partial charge on any atom is 0.411 e. The molecule has 1 N–H and O–H groups in total. The van der Waals surface area contributed by atoms with Gasteiger partial charge in [0.05, 0.1) is 6.04 Å². The van der Waals surface area contributed by atoms with Crippen LogP contribution in [-0.4, -0.2) is 39.2 Å². The number of nitrogens with zero attached hydrogens (tertiary/aromatic N) is 3. The minimum atomic E-state index is -0.812. The van der Waals surface area contributed by atoms with Crippen molar-refractivity contribution in [2.75, 3.05) is 13.2 Å². The Bertz CT molecular complexity index is 1060. The van der Waals surface area contributed by atoms with Crippen LogP contribution in [0.1, 0.15) is 49.8 Å². The minimum Gasteiger partial charge on any atom is -0.438 e. The monoisotopic (exact) mass is 449 g/mol. The van der Waals surface area contributed by atoms with Gasteiger partial charge in [-0.25, -0.2) is 19.2 Å².